The Balaban J connectivity index is 0.000000288. The quantitative estimate of drug-likeness (QED) is 0.422. The minimum absolute atomic E-state index is 0.961. The Kier molecular flexibility index (Phi) is 9.67. The van der Waals surface area contributed by atoms with Crippen LogP contribution in [-0.4, -0.2) is 0 Å². The lowest BCUT2D eigenvalue weighted by Gasteiger charge is -1.94. The normalized spacial score (nSPS) is 22.3. The van der Waals surface area contributed by atoms with E-state index in [0.29, 0.717) is 0 Å². The summed E-state index contributed by atoms with van der Waals surface area (Å²) in [5.74, 6) is 0.961. The van der Waals surface area contributed by atoms with E-state index < -0.39 is 0 Å². The molecule has 0 bridgehead atoms. The molecule has 0 radical (unpaired) electrons. The molecule has 1 unspecified atom stereocenters. The van der Waals surface area contributed by atoms with Crippen LogP contribution in [0.15, 0.2) is 24.3 Å². The monoisotopic (exact) mass is 208 g/mol. The molecule has 1 aliphatic rings. The Hall–Kier alpha value is -0.520. The van der Waals surface area contributed by atoms with Crippen molar-refractivity contribution in [1.82, 2.24) is 0 Å². The molecule has 1 rings (SSSR count). The molecule has 0 aromatic heterocycles. The van der Waals surface area contributed by atoms with Crippen molar-refractivity contribution in [2.45, 2.75) is 65.7 Å². The molecule has 0 amide bonds. The predicted molar refractivity (Wildman–Crippen MR) is 71.1 cm³/mol. The number of hydrogen-bond acceptors (Lipinski definition) is 0. The molecule has 0 N–H and O–H groups in total. The van der Waals surface area contributed by atoms with Crippen molar-refractivity contribution in [1.29, 1.82) is 0 Å². The molecule has 15 heavy (non-hydrogen) atoms. The number of unbranched alkanes of at least 4 members (excludes halogenated alkanes) is 2. The van der Waals surface area contributed by atoms with E-state index >= 15 is 0 Å². The second-order valence-electron chi connectivity index (χ2n) is 4.55. The summed E-state index contributed by atoms with van der Waals surface area (Å²) >= 11 is 0. The van der Waals surface area contributed by atoms with Crippen LogP contribution in [0.25, 0.3) is 0 Å². The molecule has 0 heteroatoms. The van der Waals surface area contributed by atoms with Crippen LogP contribution in [0.2, 0.25) is 0 Å². The lowest BCUT2D eigenvalue weighted by molar-refractivity contribution is 0.620. The SMILES string of the molecule is C=CCCCC.CCC=C1CCC(C)C1. The highest BCUT2D eigenvalue weighted by Gasteiger charge is 2.13. The summed E-state index contributed by atoms with van der Waals surface area (Å²) in [5.41, 5.74) is 1.70. The van der Waals surface area contributed by atoms with Crippen molar-refractivity contribution in [3.05, 3.63) is 24.3 Å². The Morgan fingerprint density at radius 1 is 1.40 bits per heavy atom. The first-order chi connectivity index (χ1) is 7.24. The van der Waals surface area contributed by atoms with Crippen LogP contribution in [0.3, 0.4) is 0 Å². The van der Waals surface area contributed by atoms with Gasteiger partial charge in [-0.25, -0.2) is 0 Å². The van der Waals surface area contributed by atoms with E-state index in [2.05, 4.69) is 33.4 Å². The van der Waals surface area contributed by atoms with Crippen molar-refractivity contribution in [3.8, 4) is 0 Å². The van der Waals surface area contributed by atoms with E-state index in [0.717, 1.165) is 5.92 Å². The van der Waals surface area contributed by atoms with Gasteiger partial charge in [-0.3, -0.25) is 0 Å². The number of allylic oxidation sites excluding steroid dienone is 3. The van der Waals surface area contributed by atoms with Crippen LogP contribution in [0.1, 0.15) is 65.7 Å². The first kappa shape index (κ1) is 14.5. The smallest absolute Gasteiger partial charge is 0.0294 e. The maximum atomic E-state index is 3.60. The maximum Gasteiger partial charge on any atom is -0.0294 e. The molecule has 1 aliphatic carbocycles. The third-order valence-corrected chi connectivity index (χ3v) is 2.82. The van der Waals surface area contributed by atoms with Crippen LogP contribution in [0.5, 0.6) is 0 Å². The molecular formula is C15H28. The van der Waals surface area contributed by atoms with Gasteiger partial charge in [0.25, 0.3) is 0 Å². The summed E-state index contributed by atoms with van der Waals surface area (Å²) in [6, 6.07) is 0. The van der Waals surface area contributed by atoms with Gasteiger partial charge in [-0.05, 0) is 38.0 Å². The zero-order valence-electron chi connectivity index (χ0n) is 10.9. The van der Waals surface area contributed by atoms with Gasteiger partial charge in [0.05, 0.1) is 0 Å². The van der Waals surface area contributed by atoms with Gasteiger partial charge >= 0.3 is 0 Å². The second kappa shape index (κ2) is 10.0. The number of rotatable bonds is 4. The average molecular weight is 208 g/mol. The Morgan fingerprint density at radius 3 is 2.47 bits per heavy atom. The van der Waals surface area contributed by atoms with Gasteiger partial charge in [-0.1, -0.05) is 51.3 Å². The van der Waals surface area contributed by atoms with Crippen LogP contribution in [0, 0.1) is 5.92 Å². The van der Waals surface area contributed by atoms with Crippen molar-refractivity contribution in [3.63, 3.8) is 0 Å². The van der Waals surface area contributed by atoms with E-state index in [4.69, 9.17) is 0 Å². The molecule has 0 aromatic carbocycles. The summed E-state index contributed by atoms with van der Waals surface area (Å²) < 4.78 is 0. The molecule has 1 fully saturated rings. The first-order valence-electron chi connectivity index (χ1n) is 6.53. The third kappa shape index (κ3) is 8.47. The molecule has 0 heterocycles. The van der Waals surface area contributed by atoms with Gasteiger partial charge in [0, 0.05) is 0 Å². The lowest BCUT2D eigenvalue weighted by atomic mass is 10.1. The van der Waals surface area contributed by atoms with Gasteiger partial charge in [-0.15, -0.1) is 6.58 Å². The van der Waals surface area contributed by atoms with Crippen LogP contribution >= 0.6 is 0 Å². The molecule has 0 nitrogen and oxygen atoms in total. The topological polar surface area (TPSA) is 0 Å². The summed E-state index contributed by atoms with van der Waals surface area (Å²) in [4.78, 5) is 0. The molecule has 0 aliphatic heterocycles. The van der Waals surface area contributed by atoms with Crippen LogP contribution in [0.4, 0.5) is 0 Å². The van der Waals surface area contributed by atoms with E-state index in [1.165, 1.54) is 44.9 Å². The second-order valence-corrected chi connectivity index (χ2v) is 4.55. The van der Waals surface area contributed by atoms with Gasteiger partial charge in [-0.2, -0.15) is 0 Å². The standard InChI is InChI=1S/C9H16.C6H12/c1-3-4-9-6-5-8(2)7-9;1-3-5-6-4-2/h4,8H,3,5-7H2,1-2H3;3H,1,4-6H2,2H3. The van der Waals surface area contributed by atoms with E-state index in [1.54, 1.807) is 5.57 Å². The van der Waals surface area contributed by atoms with Gasteiger partial charge < -0.3 is 0 Å². The van der Waals surface area contributed by atoms with E-state index in [-0.39, 0.29) is 0 Å². The zero-order chi connectivity index (χ0) is 11.5. The van der Waals surface area contributed by atoms with Crippen LogP contribution < -0.4 is 0 Å². The first-order valence-corrected chi connectivity index (χ1v) is 6.53. The lowest BCUT2D eigenvalue weighted by Crippen LogP contribution is -1.80. The number of hydrogen-bond donors (Lipinski definition) is 0. The summed E-state index contributed by atoms with van der Waals surface area (Å²) in [6.45, 7) is 10.3. The molecule has 0 spiro atoms. The molecular weight excluding hydrogens is 180 g/mol. The minimum atomic E-state index is 0.961. The molecule has 0 aromatic rings. The van der Waals surface area contributed by atoms with Crippen molar-refractivity contribution in [2.75, 3.05) is 0 Å². The Labute approximate surface area is 96.5 Å². The fourth-order valence-corrected chi connectivity index (χ4v) is 1.91. The Morgan fingerprint density at radius 2 is 2.13 bits per heavy atom. The highest BCUT2D eigenvalue weighted by Crippen LogP contribution is 2.29. The van der Waals surface area contributed by atoms with Crippen molar-refractivity contribution >= 4 is 0 Å². The maximum absolute atomic E-state index is 3.60. The third-order valence-electron chi connectivity index (χ3n) is 2.82. The minimum Gasteiger partial charge on any atom is -0.103 e. The van der Waals surface area contributed by atoms with Gasteiger partial charge in [0.15, 0.2) is 0 Å². The van der Waals surface area contributed by atoms with Crippen LogP contribution in [-0.2, 0) is 0 Å². The average Bonchev–Trinajstić information content (AvgIpc) is 2.63. The van der Waals surface area contributed by atoms with Gasteiger partial charge in [0.1, 0.15) is 0 Å². The molecule has 88 valence electrons. The largest absolute Gasteiger partial charge is 0.103 e. The van der Waals surface area contributed by atoms with E-state index in [9.17, 15) is 0 Å². The Bertz CT molecular complexity index is 176. The molecule has 1 saturated carbocycles. The summed E-state index contributed by atoms with van der Waals surface area (Å²) in [7, 11) is 0. The molecule has 0 saturated heterocycles. The predicted octanol–water partition coefficient (Wildman–Crippen LogP) is 5.51. The summed E-state index contributed by atoms with van der Waals surface area (Å²) in [6.07, 6.45) is 13.5. The highest BCUT2D eigenvalue weighted by atomic mass is 14.2. The molecule has 1 atom stereocenters. The van der Waals surface area contributed by atoms with E-state index in [1.807, 2.05) is 6.08 Å². The van der Waals surface area contributed by atoms with Crippen molar-refractivity contribution < 1.29 is 0 Å². The fraction of sp³-hybridized carbons (Fsp3) is 0.733. The fourth-order valence-electron chi connectivity index (χ4n) is 1.91. The van der Waals surface area contributed by atoms with Crippen molar-refractivity contribution in [2.24, 2.45) is 5.92 Å². The van der Waals surface area contributed by atoms with Gasteiger partial charge in [0.2, 0.25) is 0 Å². The summed E-state index contributed by atoms with van der Waals surface area (Å²) in [5, 5.41) is 0. The highest BCUT2D eigenvalue weighted by molar-refractivity contribution is 5.06. The zero-order valence-corrected chi connectivity index (χ0v) is 10.9.